The number of benzene rings is 2. The lowest BCUT2D eigenvalue weighted by molar-refractivity contribution is -0.166. The van der Waals surface area contributed by atoms with E-state index >= 15 is 0 Å². The molecule has 0 saturated heterocycles. The molecule has 35 heavy (non-hydrogen) atoms. The van der Waals surface area contributed by atoms with Gasteiger partial charge in [0, 0.05) is 12.0 Å². The van der Waals surface area contributed by atoms with Gasteiger partial charge in [0.2, 0.25) is 0 Å². The lowest BCUT2D eigenvalue weighted by Crippen LogP contribution is -2.52. The number of ether oxygens (including phenoxy) is 1. The fourth-order valence-electron chi connectivity index (χ4n) is 5.43. The summed E-state index contributed by atoms with van der Waals surface area (Å²) in [5.41, 5.74) is 6.01. The van der Waals surface area contributed by atoms with Crippen LogP contribution < -0.4 is 10.8 Å². The molecule has 2 aromatic rings. The van der Waals surface area contributed by atoms with Gasteiger partial charge in [-0.2, -0.15) is 0 Å². The van der Waals surface area contributed by atoms with E-state index in [2.05, 4.69) is 35.1 Å². The topological polar surface area (TPSA) is 114 Å². The molecule has 0 radical (unpaired) electrons. The lowest BCUT2D eigenvalue weighted by atomic mass is 9.84. The number of aliphatic carboxylic acids is 1. The maximum absolute atomic E-state index is 12.9. The molecule has 8 nitrogen and oxygen atoms in total. The number of carbonyl (C=O) groups is 3. The van der Waals surface area contributed by atoms with Gasteiger partial charge in [0.15, 0.2) is 6.10 Å². The number of fused-ring (bicyclic) bond motifs is 3. The molecule has 184 valence electrons. The average molecular weight is 479 g/mol. The summed E-state index contributed by atoms with van der Waals surface area (Å²) in [7, 11) is 0. The van der Waals surface area contributed by atoms with Crippen LogP contribution in [0.1, 0.15) is 56.1 Å². The third-order valence-corrected chi connectivity index (χ3v) is 7.68. The first-order valence-corrected chi connectivity index (χ1v) is 12.2. The largest absolute Gasteiger partial charge is 0.479 e. The lowest BCUT2D eigenvalue weighted by Gasteiger charge is -2.30. The van der Waals surface area contributed by atoms with Crippen LogP contribution in [-0.2, 0) is 19.2 Å². The van der Waals surface area contributed by atoms with E-state index in [4.69, 9.17) is 9.57 Å². The summed E-state index contributed by atoms with van der Waals surface area (Å²) >= 11 is 0. The zero-order chi connectivity index (χ0) is 24.6. The summed E-state index contributed by atoms with van der Waals surface area (Å²) in [4.78, 5) is 42.4. The van der Waals surface area contributed by atoms with E-state index < -0.39 is 35.5 Å². The van der Waals surface area contributed by atoms with Gasteiger partial charge in [-0.15, -0.1) is 0 Å². The van der Waals surface area contributed by atoms with Crippen LogP contribution in [0.2, 0.25) is 0 Å². The molecule has 2 saturated carbocycles. The van der Waals surface area contributed by atoms with Crippen molar-refractivity contribution in [1.29, 1.82) is 0 Å². The number of hydroxylamine groups is 1. The Morgan fingerprint density at radius 2 is 1.66 bits per heavy atom. The summed E-state index contributed by atoms with van der Waals surface area (Å²) in [5.74, 6) is -1.63. The highest BCUT2D eigenvalue weighted by Gasteiger charge is 2.47. The van der Waals surface area contributed by atoms with Gasteiger partial charge in [0.05, 0.1) is 5.41 Å². The Labute approximate surface area is 204 Å². The molecule has 0 aliphatic heterocycles. The second-order valence-electron chi connectivity index (χ2n) is 9.98. The number of hydrogen-bond donors (Lipinski definition) is 3. The zero-order valence-corrected chi connectivity index (χ0v) is 19.7. The Balaban J connectivity index is 1.20. The van der Waals surface area contributed by atoms with Gasteiger partial charge in [-0.3, -0.25) is 9.63 Å². The molecule has 3 aliphatic rings. The minimum absolute atomic E-state index is 0.0461. The predicted octanol–water partition coefficient (Wildman–Crippen LogP) is 3.99. The molecule has 0 spiro atoms. The monoisotopic (exact) mass is 478 g/mol. The Hall–Kier alpha value is -3.39. The fourth-order valence-corrected chi connectivity index (χ4v) is 5.43. The van der Waals surface area contributed by atoms with Crippen molar-refractivity contribution in [2.24, 2.45) is 11.3 Å². The minimum atomic E-state index is -1.09. The van der Waals surface area contributed by atoms with Crippen molar-refractivity contribution in [2.45, 2.75) is 57.1 Å². The molecule has 2 amide bonds. The van der Waals surface area contributed by atoms with Gasteiger partial charge in [0.1, 0.15) is 6.61 Å². The second-order valence-corrected chi connectivity index (χ2v) is 9.98. The smallest absolute Gasteiger partial charge is 0.407 e. The molecule has 3 atom stereocenters. The molecule has 0 aromatic heterocycles. The van der Waals surface area contributed by atoms with E-state index in [1.807, 2.05) is 24.3 Å². The normalized spacial score (nSPS) is 23.7. The summed E-state index contributed by atoms with van der Waals surface area (Å²) in [5, 5.41) is 12.2. The van der Waals surface area contributed by atoms with Crippen LogP contribution in [0.5, 0.6) is 0 Å². The van der Waals surface area contributed by atoms with E-state index in [-0.39, 0.29) is 18.4 Å². The van der Waals surface area contributed by atoms with Crippen molar-refractivity contribution < 1.29 is 29.1 Å². The summed E-state index contributed by atoms with van der Waals surface area (Å²) in [6.07, 6.45) is 1.86. The van der Waals surface area contributed by atoms with Gasteiger partial charge in [0.25, 0.3) is 5.91 Å². The number of hydrogen-bond acceptors (Lipinski definition) is 5. The molecule has 5 rings (SSSR count). The number of carbonyl (C=O) groups excluding carboxylic acids is 2. The molecule has 3 aliphatic carbocycles. The molecular weight excluding hydrogens is 448 g/mol. The molecule has 2 aromatic carbocycles. The first-order chi connectivity index (χ1) is 16.9. The van der Waals surface area contributed by atoms with Crippen LogP contribution in [0.3, 0.4) is 0 Å². The average Bonchev–Trinajstić information content (AvgIpc) is 3.54. The van der Waals surface area contributed by atoms with Gasteiger partial charge >= 0.3 is 12.1 Å². The molecule has 0 heterocycles. The van der Waals surface area contributed by atoms with Crippen LogP contribution in [0.25, 0.3) is 11.1 Å². The highest BCUT2D eigenvalue weighted by atomic mass is 16.7. The van der Waals surface area contributed by atoms with Crippen LogP contribution in [-0.4, -0.2) is 41.8 Å². The van der Waals surface area contributed by atoms with Crippen LogP contribution >= 0.6 is 0 Å². The molecule has 3 N–H and O–H groups in total. The van der Waals surface area contributed by atoms with Crippen molar-refractivity contribution >= 4 is 18.0 Å². The van der Waals surface area contributed by atoms with Crippen LogP contribution in [0.15, 0.2) is 48.5 Å². The SMILES string of the molecule is CC1(C(=O)NOC(C(=O)O)C2CC2)CCCC1NC(=O)OCC1c2ccccc2-c2ccccc21. The van der Waals surface area contributed by atoms with Gasteiger partial charge < -0.3 is 15.2 Å². The Morgan fingerprint density at radius 1 is 1.03 bits per heavy atom. The quantitative estimate of drug-likeness (QED) is 0.494. The summed E-state index contributed by atoms with van der Waals surface area (Å²) in [6.45, 7) is 1.96. The van der Waals surface area contributed by atoms with E-state index in [0.717, 1.165) is 41.5 Å². The number of nitrogens with one attached hydrogen (secondary N) is 2. The molecular formula is C27H30N2O6. The summed E-state index contributed by atoms with van der Waals surface area (Å²) < 4.78 is 5.65. The van der Waals surface area contributed by atoms with E-state index in [9.17, 15) is 19.5 Å². The number of alkyl carbamates (subject to hydrolysis) is 1. The van der Waals surface area contributed by atoms with Gasteiger partial charge in [-0.1, -0.05) is 55.0 Å². The van der Waals surface area contributed by atoms with Crippen molar-refractivity contribution in [3.05, 3.63) is 59.7 Å². The fraction of sp³-hybridized carbons (Fsp3) is 0.444. The van der Waals surface area contributed by atoms with Crippen molar-refractivity contribution in [1.82, 2.24) is 10.8 Å². The number of carboxylic acid groups (broad SMARTS) is 1. The molecule has 0 bridgehead atoms. The van der Waals surface area contributed by atoms with Crippen molar-refractivity contribution in [3.8, 4) is 11.1 Å². The summed E-state index contributed by atoms with van der Waals surface area (Å²) in [6, 6.07) is 15.8. The standard InChI is InChI=1S/C27H30N2O6/c1-27(25(32)29-35-23(24(30)31)16-12-13-16)14-6-11-22(27)28-26(33)34-15-21-19-9-4-2-7-17(19)18-8-3-5-10-20(18)21/h2-5,7-10,16,21-23H,6,11-15H2,1H3,(H,28,33)(H,29,32)(H,30,31). The van der Waals surface area contributed by atoms with E-state index in [1.165, 1.54) is 0 Å². The van der Waals surface area contributed by atoms with Crippen LogP contribution in [0, 0.1) is 11.3 Å². The Morgan fingerprint density at radius 3 is 2.26 bits per heavy atom. The van der Waals surface area contributed by atoms with Crippen molar-refractivity contribution in [2.75, 3.05) is 6.61 Å². The Bertz CT molecular complexity index is 1100. The molecule has 8 heteroatoms. The third-order valence-electron chi connectivity index (χ3n) is 7.68. The van der Waals surface area contributed by atoms with Gasteiger partial charge in [-0.25, -0.2) is 15.1 Å². The van der Waals surface area contributed by atoms with Crippen LogP contribution in [0.4, 0.5) is 4.79 Å². The van der Waals surface area contributed by atoms with Crippen molar-refractivity contribution in [3.63, 3.8) is 0 Å². The van der Waals surface area contributed by atoms with E-state index in [0.29, 0.717) is 12.8 Å². The predicted molar refractivity (Wildman–Crippen MR) is 127 cm³/mol. The first kappa shape index (κ1) is 23.4. The third kappa shape index (κ3) is 4.50. The molecule has 3 unspecified atom stereocenters. The molecule has 2 fully saturated rings. The number of carboxylic acids is 1. The maximum atomic E-state index is 12.9. The number of rotatable bonds is 8. The zero-order valence-electron chi connectivity index (χ0n) is 19.7. The maximum Gasteiger partial charge on any atom is 0.407 e. The Kier molecular flexibility index (Phi) is 6.23. The van der Waals surface area contributed by atoms with Gasteiger partial charge in [-0.05, 0) is 60.8 Å². The minimum Gasteiger partial charge on any atom is -0.479 e. The van der Waals surface area contributed by atoms with E-state index in [1.54, 1.807) is 6.92 Å². The number of amides is 2. The second kappa shape index (κ2) is 9.34. The highest BCUT2D eigenvalue weighted by molar-refractivity contribution is 5.84. The highest BCUT2D eigenvalue weighted by Crippen LogP contribution is 2.44. The first-order valence-electron chi connectivity index (χ1n) is 12.2.